The topological polar surface area (TPSA) is 101 Å². The van der Waals surface area contributed by atoms with Crippen LogP contribution in [0.15, 0.2) is 36.5 Å². The van der Waals surface area contributed by atoms with E-state index in [1.165, 1.54) is 64.2 Å². The summed E-state index contributed by atoms with van der Waals surface area (Å²) in [6.45, 7) is 20.7. The predicted molar refractivity (Wildman–Crippen MR) is 291 cm³/mol. The van der Waals surface area contributed by atoms with Gasteiger partial charge in [-0.3, -0.25) is 14.4 Å². The summed E-state index contributed by atoms with van der Waals surface area (Å²) >= 11 is 0. The standard InChI is InChI=1S/C61H109NO8/c1-8-14-17-20-23-24-25-26-27-28-29-30-31-32-35-39-55(63)68-51-59(7)46-54-47-60(11-4,52-69-56(64)40-38-43-62(12-5)13-6)50-61(48-54,49-59)53-70-57(65)41-42-58(66-44-36-33-21-18-15-9-2)67-45-37-34-22-19-16-10-3/h14,17,23-24,26-27,54,58H,8-13,15-16,18-22,25,28-53H2,1-7H3/b17-14-,24-23-,27-26-. The SMILES string of the molecule is CC/C=C\C/C=C\C/C=C\CCCCCCCC(=O)OCC1(C)CC2CC(CC)(COC(=O)CCCN(CC)CC)CC(COC(=O)CCC(OCCCCCCCC)OCCCCCCCC)(C2)C1. The Hall–Kier alpha value is -2.49. The summed E-state index contributed by atoms with van der Waals surface area (Å²) in [6.07, 6.45) is 44.7. The van der Waals surface area contributed by atoms with Gasteiger partial charge in [-0.05, 0) is 122 Å². The summed E-state index contributed by atoms with van der Waals surface area (Å²) in [7, 11) is 0. The van der Waals surface area contributed by atoms with Crippen LogP contribution in [0.2, 0.25) is 0 Å². The van der Waals surface area contributed by atoms with E-state index < -0.39 is 6.29 Å². The Labute approximate surface area is 430 Å². The molecule has 0 N–H and O–H groups in total. The van der Waals surface area contributed by atoms with Gasteiger partial charge in [0.05, 0.1) is 26.2 Å². The van der Waals surface area contributed by atoms with Crippen molar-refractivity contribution in [3.05, 3.63) is 36.5 Å². The minimum atomic E-state index is -0.415. The monoisotopic (exact) mass is 984 g/mol. The van der Waals surface area contributed by atoms with Crippen molar-refractivity contribution in [3.8, 4) is 0 Å². The first-order valence-electron chi connectivity index (χ1n) is 29.4. The summed E-state index contributed by atoms with van der Waals surface area (Å²) in [5.74, 6) is -0.104. The molecule has 4 atom stereocenters. The number of hydrogen-bond acceptors (Lipinski definition) is 9. The first-order valence-corrected chi connectivity index (χ1v) is 29.4. The lowest BCUT2D eigenvalue weighted by Crippen LogP contribution is -2.52. The zero-order valence-corrected chi connectivity index (χ0v) is 46.6. The fraction of sp³-hybridized carbons (Fsp3) is 0.852. The molecule has 2 rings (SSSR count). The molecule has 0 aromatic heterocycles. The molecular formula is C61H109NO8. The first kappa shape index (κ1) is 63.6. The van der Waals surface area contributed by atoms with Crippen LogP contribution in [-0.4, -0.2) is 81.8 Å². The Morgan fingerprint density at radius 1 is 0.543 bits per heavy atom. The molecular weight excluding hydrogens is 875 g/mol. The third kappa shape index (κ3) is 29.9. The van der Waals surface area contributed by atoms with Crippen LogP contribution in [0.25, 0.3) is 0 Å². The summed E-state index contributed by atoms with van der Waals surface area (Å²) in [4.78, 5) is 42.4. The average molecular weight is 985 g/mol. The van der Waals surface area contributed by atoms with E-state index in [1.807, 2.05) is 0 Å². The van der Waals surface area contributed by atoms with E-state index in [2.05, 4.69) is 89.8 Å². The van der Waals surface area contributed by atoms with Gasteiger partial charge < -0.3 is 28.6 Å². The van der Waals surface area contributed by atoms with Crippen molar-refractivity contribution in [2.45, 2.75) is 260 Å². The van der Waals surface area contributed by atoms with E-state index in [1.54, 1.807) is 0 Å². The van der Waals surface area contributed by atoms with E-state index in [4.69, 9.17) is 23.7 Å². The number of hydrogen-bond donors (Lipinski definition) is 0. The van der Waals surface area contributed by atoms with Crippen molar-refractivity contribution in [2.24, 2.45) is 22.2 Å². The molecule has 2 aliphatic carbocycles. The minimum absolute atomic E-state index is 0.110. The van der Waals surface area contributed by atoms with E-state index >= 15 is 0 Å². The largest absolute Gasteiger partial charge is 0.465 e. The zero-order chi connectivity index (χ0) is 51.0. The Bertz CT molecular complexity index is 1410. The number of carbonyl (C=O) groups excluding carboxylic acids is 3. The second-order valence-electron chi connectivity index (χ2n) is 22.0. The molecule has 0 heterocycles. The number of allylic oxidation sites excluding steroid dienone is 6. The normalized spacial score (nSPS) is 21.5. The smallest absolute Gasteiger partial charge is 0.305 e. The lowest BCUT2D eigenvalue weighted by atomic mass is 9.48. The number of nitrogens with zero attached hydrogens (tertiary/aromatic N) is 1. The van der Waals surface area contributed by atoms with Crippen molar-refractivity contribution in [1.29, 1.82) is 0 Å². The molecule has 0 aromatic rings. The maximum atomic E-state index is 13.7. The number of carbonyl (C=O) groups is 3. The quantitative estimate of drug-likeness (QED) is 0.0194. The molecule has 2 aliphatic rings. The van der Waals surface area contributed by atoms with Crippen LogP contribution < -0.4 is 0 Å². The summed E-state index contributed by atoms with van der Waals surface area (Å²) < 4.78 is 31.1. The average Bonchev–Trinajstić information content (AvgIpc) is 3.35. The first-order chi connectivity index (χ1) is 34.0. The minimum Gasteiger partial charge on any atom is -0.465 e. The van der Waals surface area contributed by atoms with Crippen LogP contribution in [0.3, 0.4) is 0 Å². The third-order valence-corrected chi connectivity index (χ3v) is 15.2. The molecule has 9 heteroatoms. The Kier molecular flexibility index (Phi) is 36.3. The van der Waals surface area contributed by atoms with Crippen LogP contribution in [0, 0.1) is 22.2 Å². The van der Waals surface area contributed by atoms with E-state index in [0.717, 1.165) is 135 Å². The predicted octanol–water partition coefficient (Wildman–Crippen LogP) is 16.2. The maximum absolute atomic E-state index is 13.7. The molecule has 2 bridgehead atoms. The van der Waals surface area contributed by atoms with Gasteiger partial charge in [-0.15, -0.1) is 0 Å². The number of rotatable bonds is 45. The van der Waals surface area contributed by atoms with Gasteiger partial charge in [0.2, 0.25) is 0 Å². The van der Waals surface area contributed by atoms with Crippen LogP contribution >= 0.6 is 0 Å². The van der Waals surface area contributed by atoms with Gasteiger partial charge in [0.15, 0.2) is 6.29 Å². The molecule has 0 saturated heterocycles. The molecule has 70 heavy (non-hydrogen) atoms. The van der Waals surface area contributed by atoms with Crippen LogP contribution in [0.5, 0.6) is 0 Å². The molecule has 406 valence electrons. The van der Waals surface area contributed by atoms with E-state index in [-0.39, 0.29) is 40.6 Å². The molecule has 0 spiro atoms. The molecule has 2 fully saturated rings. The van der Waals surface area contributed by atoms with Gasteiger partial charge in [0.25, 0.3) is 0 Å². The number of fused-ring (bicyclic) bond motifs is 2. The fourth-order valence-corrected chi connectivity index (χ4v) is 11.4. The van der Waals surface area contributed by atoms with Gasteiger partial charge in [-0.1, -0.05) is 168 Å². The highest BCUT2D eigenvalue weighted by Crippen LogP contribution is 2.61. The van der Waals surface area contributed by atoms with Crippen molar-refractivity contribution < 1.29 is 38.1 Å². The van der Waals surface area contributed by atoms with Crippen LogP contribution in [0.4, 0.5) is 0 Å². The maximum Gasteiger partial charge on any atom is 0.305 e. The second-order valence-corrected chi connectivity index (χ2v) is 22.0. The Morgan fingerprint density at radius 2 is 1.07 bits per heavy atom. The summed E-state index contributed by atoms with van der Waals surface area (Å²) in [5, 5.41) is 0. The lowest BCUT2D eigenvalue weighted by Gasteiger charge is -2.57. The Morgan fingerprint density at radius 3 is 1.69 bits per heavy atom. The molecule has 0 aromatic carbocycles. The van der Waals surface area contributed by atoms with Crippen molar-refractivity contribution in [3.63, 3.8) is 0 Å². The molecule has 9 nitrogen and oxygen atoms in total. The van der Waals surface area contributed by atoms with E-state index in [9.17, 15) is 14.4 Å². The summed E-state index contributed by atoms with van der Waals surface area (Å²) in [5.41, 5.74) is -0.731. The van der Waals surface area contributed by atoms with Gasteiger partial charge in [-0.2, -0.15) is 0 Å². The number of ether oxygens (including phenoxy) is 5. The molecule has 0 amide bonds. The fourth-order valence-electron chi connectivity index (χ4n) is 11.4. The van der Waals surface area contributed by atoms with Crippen LogP contribution in [0.1, 0.15) is 254 Å². The highest BCUT2D eigenvalue weighted by atomic mass is 16.7. The van der Waals surface area contributed by atoms with Crippen molar-refractivity contribution >= 4 is 17.9 Å². The molecule has 0 aliphatic heterocycles. The molecule has 0 radical (unpaired) electrons. The zero-order valence-electron chi connectivity index (χ0n) is 46.6. The van der Waals surface area contributed by atoms with Crippen molar-refractivity contribution in [2.75, 3.05) is 52.7 Å². The van der Waals surface area contributed by atoms with Gasteiger partial charge in [0.1, 0.15) is 0 Å². The third-order valence-electron chi connectivity index (χ3n) is 15.2. The highest BCUT2D eigenvalue weighted by Gasteiger charge is 2.56. The second kappa shape index (κ2) is 40.0. The van der Waals surface area contributed by atoms with Crippen LogP contribution in [-0.2, 0) is 38.1 Å². The number of esters is 3. The highest BCUT2D eigenvalue weighted by molar-refractivity contribution is 5.70. The van der Waals surface area contributed by atoms with Crippen molar-refractivity contribution in [1.82, 2.24) is 4.90 Å². The van der Waals surface area contributed by atoms with Gasteiger partial charge in [0, 0.05) is 48.7 Å². The lowest BCUT2D eigenvalue weighted by molar-refractivity contribution is -0.174. The summed E-state index contributed by atoms with van der Waals surface area (Å²) in [6, 6.07) is 0. The van der Waals surface area contributed by atoms with Gasteiger partial charge in [-0.25, -0.2) is 0 Å². The molecule has 2 saturated carbocycles. The van der Waals surface area contributed by atoms with E-state index in [0.29, 0.717) is 58.2 Å². The van der Waals surface area contributed by atoms with Gasteiger partial charge >= 0.3 is 17.9 Å². The Balaban J connectivity index is 2.02. The number of unbranched alkanes of at least 4 members (excludes halogenated alkanes) is 15. The molecule has 4 unspecified atom stereocenters.